The zero-order chi connectivity index (χ0) is 15.6. The lowest BCUT2D eigenvalue weighted by Crippen LogP contribution is -2.35. The van der Waals surface area contributed by atoms with Crippen LogP contribution in [0.4, 0.5) is 18.9 Å². The van der Waals surface area contributed by atoms with E-state index in [0.717, 1.165) is 31.0 Å². The van der Waals surface area contributed by atoms with Gasteiger partial charge in [0.1, 0.15) is 0 Å². The first kappa shape index (κ1) is 15.5. The number of halogens is 3. The molecule has 1 fully saturated rings. The number of nitrogens with one attached hydrogen (secondary N) is 1. The Morgan fingerprint density at radius 2 is 2.10 bits per heavy atom. The average Bonchev–Trinajstić information content (AvgIpc) is 2.45. The number of nitrogens with zero attached hydrogens (tertiary/aromatic N) is 1. The van der Waals surface area contributed by atoms with Crippen LogP contribution in [0.5, 0.6) is 0 Å². The summed E-state index contributed by atoms with van der Waals surface area (Å²) in [5.41, 5.74) is -1.83. The molecule has 0 bridgehead atoms. The summed E-state index contributed by atoms with van der Waals surface area (Å²) in [4.78, 5) is 10.3. The van der Waals surface area contributed by atoms with Gasteiger partial charge in [0, 0.05) is 12.1 Å². The summed E-state index contributed by atoms with van der Waals surface area (Å²) in [6, 6.07) is 2.63. The normalized spacial score (nSPS) is 19.3. The number of alkyl halides is 3. The van der Waals surface area contributed by atoms with Gasteiger partial charge in [0.25, 0.3) is 5.69 Å². The van der Waals surface area contributed by atoms with Crippen LogP contribution in [0.15, 0.2) is 24.8 Å². The Balaban J connectivity index is 2.53. The summed E-state index contributed by atoms with van der Waals surface area (Å²) < 4.78 is 39.4. The molecule has 0 amide bonds. The van der Waals surface area contributed by atoms with Gasteiger partial charge in [0.2, 0.25) is 0 Å². The Morgan fingerprint density at radius 3 is 2.62 bits per heavy atom. The van der Waals surface area contributed by atoms with E-state index in [9.17, 15) is 23.3 Å². The van der Waals surface area contributed by atoms with Crippen LogP contribution in [0, 0.1) is 10.1 Å². The smallest absolute Gasteiger partial charge is 0.310 e. The maximum absolute atomic E-state index is 13.1. The Labute approximate surface area is 119 Å². The standard InChI is InChI=1S/C14H15F3N2O2/c1-9(11-6-2-3-8-18-11)13-10(14(15,16)17)5-4-7-12(13)19(20)21/h4-5,7,11,18H,1-3,6,8H2. The molecular formula is C14H15F3N2O2. The van der Waals surface area contributed by atoms with Gasteiger partial charge in [-0.15, -0.1) is 0 Å². The second-order valence-electron chi connectivity index (χ2n) is 4.98. The molecule has 0 radical (unpaired) electrons. The first-order valence-electron chi connectivity index (χ1n) is 6.59. The molecule has 1 N–H and O–H groups in total. The highest BCUT2D eigenvalue weighted by atomic mass is 19.4. The molecule has 1 aromatic carbocycles. The van der Waals surface area contributed by atoms with E-state index < -0.39 is 27.9 Å². The molecule has 114 valence electrons. The summed E-state index contributed by atoms with van der Waals surface area (Å²) in [5.74, 6) is 0. The van der Waals surface area contributed by atoms with Crippen molar-refractivity contribution in [2.45, 2.75) is 31.5 Å². The highest BCUT2D eigenvalue weighted by Crippen LogP contribution is 2.40. The molecule has 1 aromatic rings. The van der Waals surface area contributed by atoms with Gasteiger partial charge >= 0.3 is 6.18 Å². The number of hydrogen-bond donors (Lipinski definition) is 1. The first-order valence-corrected chi connectivity index (χ1v) is 6.59. The average molecular weight is 300 g/mol. The highest BCUT2D eigenvalue weighted by molar-refractivity contribution is 5.77. The third-order valence-electron chi connectivity index (χ3n) is 3.60. The second kappa shape index (κ2) is 5.85. The van der Waals surface area contributed by atoms with Crippen LogP contribution in [0.1, 0.15) is 30.4 Å². The molecule has 1 aliphatic heterocycles. The van der Waals surface area contributed by atoms with E-state index in [4.69, 9.17) is 0 Å². The Morgan fingerprint density at radius 1 is 1.38 bits per heavy atom. The van der Waals surface area contributed by atoms with Gasteiger partial charge < -0.3 is 5.32 Å². The van der Waals surface area contributed by atoms with E-state index in [1.165, 1.54) is 0 Å². The van der Waals surface area contributed by atoms with Gasteiger partial charge in [0.15, 0.2) is 0 Å². The molecule has 7 heteroatoms. The zero-order valence-electron chi connectivity index (χ0n) is 11.2. The third kappa shape index (κ3) is 3.24. The van der Waals surface area contributed by atoms with Crippen LogP contribution >= 0.6 is 0 Å². The van der Waals surface area contributed by atoms with Crippen molar-refractivity contribution in [3.63, 3.8) is 0 Å². The van der Waals surface area contributed by atoms with Crippen LogP contribution in [0.3, 0.4) is 0 Å². The number of rotatable bonds is 3. The van der Waals surface area contributed by atoms with Crippen LogP contribution in [0.25, 0.3) is 5.57 Å². The van der Waals surface area contributed by atoms with Gasteiger partial charge in [-0.25, -0.2) is 0 Å². The molecule has 0 aromatic heterocycles. The van der Waals surface area contributed by atoms with Gasteiger partial charge in [0.05, 0.1) is 16.1 Å². The minimum absolute atomic E-state index is 0.134. The molecular weight excluding hydrogens is 285 g/mol. The van der Waals surface area contributed by atoms with E-state index >= 15 is 0 Å². The van der Waals surface area contributed by atoms with Crippen molar-refractivity contribution in [2.24, 2.45) is 0 Å². The molecule has 21 heavy (non-hydrogen) atoms. The van der Waals surface area contributed by atoms with E-state index in [1.807, 2.05) is 0 Å². The predicted octanol–water partition coefficient (Wildman–Crippen LogP) is 3.77. The molecule has 1 unspecified atom stereocenters. The summed E-state index contributed by atoms with van der Waals surface area (Å²) >= 11 is 0. The Hall–Kier alpha value is -1.89. The number of nitro benzene ring substituents is 1. The third-order valence-corrected chi connectivity index (χ3v) is 3.60. The zero-order valence-corrected chi connectivity index (χ0v) is 11.2. The number of nitro groups is 1. The maximum Gasteiger partial charge on any atom is 0.417 e. The SMILES string of the molecule is C=C(c1c([N+](=O)[O-])cccc1C(F)(F)F)C1CCCCN1. The van der Waals surface area contributed by atoms with Crippen molar-refractivity contribution in [3.05, 3.63) is 46.0 Å². The minimum Gasteiger partial charge on any atom is -0.310 e. The molecule has 4 nitrogen and oxygen atoms in total. The monoisotopic (exact) mass is 300 g/mol. The largest absolute Gasteiger partial charge is 0.417 e. The van der Waals surface area contributed by atoms with Crippen molar-refractivity contribution in [1.29, 1.82) is 0 Å². The van der Waals surface area contributed by atoms with Crippen molar-refractivity contribution in [1.82, 2.24) is 5.32 Å². The molecule has 0 saturated carbocycles. The highest BCUT2D eigenvalue weighted by Gasteiger charge is 2.38. The lowest BCUT2D eigenvalue weighted by Gasteiger charge is -2.26. The summed E-state index contributed by atoms with van der Waals surface area (Å²) in [6.07, 6.45) is -2.23. The molecule has 1 aliphatic rings. The second-order valence-corrected chi connectivity index (χ2v) is 4.98. The summed E-state index contributed by atoms with van der Waals surface area (Å²) in [7, 11) is 0. The number of piperidine rings is 1. The Bertz CT molecular complexity index is 564. The molecule has 1 heterocycles. The molecule has 1 atom stereocenters. The van der Waals surface area contributed by atoms with Crippen molar-refractivity contribution >= 4 is 11.3 Å². The molecule has 2 rings (SSSR count). The fourth-order valence-corrected chi connectivity index (χ4v) is 2.59. The van der Waals surface area contributed by atoms with Gasteiger partial charge in [-0.3, -0.25) is 10.1 Å². The fourth-order valence-electron chi connectivity index (χ4n) is 2.59. The van der Waals surface area contributed by atoms with Crippen LogP contribution in [0.2, 0.25) is 0 Å². The van der Waals surface area contributed by atoms with Crippen LogP contribution < -0.4 is 5.32 Å². The number of benzene rings is 1. The summed E-state index contributed by atoms with van der Waals surface area (Å²) in [6.45, 7) is 4.37. The van der Waals surface area contributed by atoms with Crippen molar-refractivity contribution in [2.75, 3.05) is 6.54 Å². The van der Waals surface area contributed by atoms with Crippen molar-refractivity contribution in [3.8, 4) is 0 Å². The topological polar surface area (TPSA) is 55.2 Å². The minimum atomic E-state index is -4.65. The molecule has 0 aliphatic carbocycles. The summed E-state index contributed by atoms with van der Waals surface area (Å²) in [5, 5.41) is 14.1. The van der Waals surface area contributed by atoms with E-state index in [1.54, 1.807) is 0 Å². The van der Waals surface area contributed by atoms with Crippen LogP contribution in [-0.4, -0.2) is 17.5 Å². The van der Waals surface area contributed by atoms with Crippen LogP contribution in [-0.2, 0) is 6.18 Å². The first-order chi connectivity index (χ1) is 9.82. The lowest BCUT2D eigenvalue weighted by molar-refractivity contribution is -0.385. The lowest BCUT2D eigenvalue weighted by atomic mass is 9.89. The van der Waals surface area contributed by atoms with Gasteiger partial charge in [-0.1, -0.05) is 19.1 Å². The van der Waals surface area contributed by atoms with E-state index in [-0.39, 0.29) is 11.6 Å². The quantitative estimate of drug-likeness (QED) is 0.683. The molecule has 1 saturated heterocycles. The van der Waals surface area contributed by atoms with Gasteiger partial charge in [-0.2, -0.15) is 13.2 Å². The number of hydrogen-bond acceptors (Lipinski definition) is 3. The van der Waals surface area contributed by atoms with E-state index in [0.29, 0.717) is 13.0 Å². The maximum atomic E-state index is 13.1. The van der Waals surface area contributed by atoms with E-state index in [2.05, 4.69) is 11.9 Å². The fraction of sp³-hybridized carbons (Fsp3) is 0.429. The molecule has 0 spiro atoms. The van der Waals surface area contributed by atoms with Gasteiger partial charge in [-0.05, 0) is 31.0 Å². The predicted molar refractivity (Wildman–Crippen MR) is 72.8 cm³/mol. The Kier molecular flexibility index (Phi) is 4.32. The van der Waals surface area contributed by atoms with Crippen molar-refractivity contribution < 1.29 is 18.1 Å².